The fourth-order valence-electron chi connectivity index (χ4n) is 0.850. The van der Waals surface area contributed by atoms with Crippen LogP contribution in [-0.2, 0) is 11.3 Å². The van der Waals surface area contributed by atoms with Crippen molar-refractivity contribution in [3.63, 3.8) is 0 Å². The van der Waals surface area contributed by atoms with Crippen molar-refractivity contribution >= 4 is 18.1 Å². The van der Waals surface area contributed by atoms with Crippen LogP contribution in [0.3, 0.4) is 0 Å². The number of anilines is 1. The summed E-state index contributed by atoms with van der Waals surface area (Å²) in [7, 11) is 1.67. The van der Waals surface area contributed by atoms with Crippen LogP contribution in [0, 0.1) is 0 Å². The number of benzene rings is 1. The summed E-state index contributed by atoms with van der Waals surface area (Å²) in [5, 5.41) is 0. The molecule has 3 heteroatoms. The molecule has 0 amide bonds. The van der Waals surface area contributed by atoms with Gasteiger partial charge in [0, 0.05) is 12.8 Å². The highest BCUT2D eigenvalue weighted by Gasteiger charge is 1.89. The second kappa shape index (κ2) is 4.99. The Balaban J connectivity index is 0.000001000. The van der Waals surface area contributed by atoms with Crippen LogP contribution in [0.25, 0.3) is 0 Å². The normalized spacial score (nSPS) is 8.82. The molecule has 0 aliphatic heterocycles. The van der Waals surface area contributed by atoms with E-state index >= 15 is 0 Å². The number of nitrogens with two attached hydrogens (primary N) is 1. The molecule has 0 heterocycles. The van der Waals surface area contributed by atoms with E-state index in [4.69, 9.17) is 10.5 Å². The number of hydrogen-bond acceptors (Lipinski definition) is 2. The van der Waals surface area contributed by atoms with Crippen LogP contribution < -0.4 is 5.73 Å². The van der Waals surface area contributed by atoms with E-state index in [2.05, 4.69) is 0 Å². The highest BCUT2D eigenvalue weighted by molar-refractivity contribution is 5.85. The van der Waals surface area contributed by atoms with Crippen LogP contribution in [0.2, 0.25) is 0 Å². The van der Waals surface area contributed by atoms with Crippen LogP contribution in [0.5, 0.6) is 0 Å². The highest BCUT2D eigenvalue weighted by Crippen LogP contribution is 2.06. The average molecular weight is 174 g/mol. The molecule has 0 aliphatic rings. The summed E-state index contributed by atoms with van der Waals surface area (Å²) in [6.07, 6.45) is 0. The molecule has 62 valence electrons. The van der Waals surface area contributed by atoms with Crippen molar-refractivity contribution in [2.75, 3.05) is 12.8 Å². The molecular formula is C8H12ClNO. The molecule has 1 aromatic rings. The van der Waals surface area contributed by atoms with Gasteiger partial charge < -0.3 is 10.5 Å². The monoisotopic (exact) mass is 173 g/mol. The molecule has 0 unspecified atom stereocenters. The zero-order chi connectivity index (χ0) is 7.40. The lowest BCUT2D eigenvalue weighted by molar-refractivity contribution is 0.185. The molecule has 0 atom stereocenters. The summed E-state index contributed by atoms with van der Waals surface area (Å²) in [5.41, 5.74) is 7.43. The molecule has 1 aromatic carbocycles. The minimum atomic E-state index is 0. The van der Waals surface area contributed by atoms with E-state index in [-0.39, 0.29) is 12.4 Å². The van der Waals surface area contributed by atoms with Gasteiger partial charge in [-0.2, -0.15) is 0 Å². The van der Waals surface area contributed by atoms with Crippen molar-refractivity contribution in [2.45, 2.75) is 6.61 Å². The van der Waals surface area contributed by atoms with Crippen molar-refractivity contribution in [3.05, 3.63) is 29.8 Å². The van der Waals surface area contributed by atoms with Crippen LogP contribution in [0.15, 0.2) is 24.3 Å². The van der Waals surface area contributed by atoms with E-state index in [1.165, 1.54) is 0 Å². The largest absolute Gasteiger partial charge is 0.399 e. The van der Waals surface area contributed by atoms with E-state index in [1.807, 2.05) is 24.3 Å². The van der Waals surface area contributed by atoms with Gasteiger partial charge in [-0.25, -0.2) is 0 Å². The number of hydrogen-bond donors (Lipinski definition) is 1. The summed E-state index contributed by atoms with van der Waals surface area (Å²) >= 11 is 0. The summed E-state index contributed by atoms with van der Waals surface area (Å²) in [5.74, 6) is 0. The molecule has 11 heavy (non-hydrogen) atoms. The molecule has 0 saturated heterocycles. The van der Waals surface area contributed by atoms with Gasteiger partial charge in [-0.15, -0.1) is 12.4 Å². The Labute approximate surface area is 72.8 Å². The molecular weight excluding hydrogens is 162 g/mol. The van der Waals surface area contributed by atoms with Gasteiger partial charge in [-0.1, -0.05) is 12.1 Å². The van der Waals surface area contributed by atoms with Gasteiger partial charge in [-0.05, 0) is 17.7 Å². The Kier molecular flexibility index (Phi) is 4.66. The van der Waals surface area contributed by atoms with Gasteiger partial charge in [0.25, 0.3) is 0 Å². The van der Waals surface area contributed by atoms with Crippen molar-refractivity contribution in [1.82, 2.24) is 0 Å². The standard InChI is InChI=1S/C8H11NO.ClH/c1-10-6-7-3-2-4-8(9)5-7;/h2-5H,6,9H2,1H3;1H. The minimum absolute atomic E-state index is 0. The summed E-state index contributed by atoms with van der Waals surface area (Å²) in [6, 6.07) is 7.67. The Morgan fingerprint density at radius 2 is 2.18 bits per heavy atom. The Bertz CT molecular complexity index is 215. The number of rotatable bonds is 2. The van der Waals surface area contributed by atoms with Gasteiger partial charge in [0.1, 0.15) is 0 Å². The van der Waals surface area contributed by atoms with Gasteiger partial charge in [0.15, 0.2) is 0 Å². The fraction of sp³-hybridized carbons (Fsp3) is 0.250. The molecule has 2 nitrogen and oxygen atoms in total. The number of ether oxygens (including phenoxy) is 1. The molecule has 0 fully saturated rings. The van der Waals surface area contributed by atoms with E-state index < -0.39 is 0 Å². The molecule has 0 spiro atoms. The van der Waals surface area contributed by atoms with Gasteiger partial charge >= 0.3 is 0 Å². The molecule has 0 aromatic heterocycles. The lowest BCUT2D eigenvalue weighted by atomic mass is 10.2. The fourth-order valence-corrected chi connectivity index (χ4v) is 0.850. The third-order valence-corrected chi connectivity index (χ3v) is 1.26. The lowest BCUT2D eigenvalue weighted by Crippen LogP contribution is -1.89. The van der Waals surface area contributed by atoms with Crippen LogP contribution in [0.4, 0.5) is 5.69 Å². The minimum Gasteiger partial charge on any atom is -0.399 e. The van der Waals surface area contributed by atoms with Crippen LogP contribution in [0.1, 0.15) is 5.56 Å². The zero-order valence-electron chi connectivity index (χ0n) is 6.41. The maximum Gasteiger partial charge on any atom is 0.0713 e. The Morgan fingerprint density at radius 1 is 1.45 bits per heavy atom. The Hall–Kier alpha value is -0.730. The quantitative estimate of drug-likeness (QED) is 0.693. The maximum absolute atomic E-state index is 5.53. The van der Waals surface area contributed by atoms with Crippen LogP contribution in [-0.4, -0.2) is 7.11 Å². The number of halogens is 1. The highest BCUT2D eigenvalue weighted by atomic mass is 35.5. The topological polar surface area (TPSA) is 35.2 Å². The first-order valence-electron chi connectivity index (χ1n) is 3.16. The van der Waals surface area contributed by atoms with E-state index in [1.54, 1.807) is 7.11 Å². The molecule has 0 aliphatic carbocycles. The van der Waals surface area contributed by atoms with Crippen LogP contribution >= 0.6 is 12.4 Å². The van der Waals surface area contributed by atoms with E-state index in [0.717, 1.165) is 11.3 Å². The molecule has 0 bridgehead atoms. The Morgan fingerprint density at radius 3 is 2.73 bits per heavy atom. The first kappa shape index (κ1) is 10.3. The first-order valence-corrected chi connectivity index (χ1v) is 3.16. The lowest BCUT2D eigenvalue weighted by Gasteiger charge is -1.98. The second-order valence-electron chi connectivity index (χ2n) is 2.18. The SMILES string of the molecule is COCc1cccc(N)c1.Cl. The van der Waals surface area contributed by atoms with Crippen molar-refractivity contribution in [1.29, 1.82) is 0 Å². The van der Waals surface area contributed by atoms with Gasteiger partial charge in [0.2, 0.25) is 0 Å². The van der Waals surface area contributed by atoms with E-state index in [0.29, 0.717) is 6.61 Å². The maximum atomic E-state index is 5.53. The molecule has 0 saturated carbocycles. The smallest absolute Gasteiger partial charge is 0.0713 e. The first-order chi connectivity index (χ1) is 4.83. The van der Waals surface area contributed by atoms with Crippen molar-refractivity contribution < 1.29 is 4.74 Å². The van der Waals surface area contributed by atoms with Crippen molar-refractivity contribution in [2.24, 2.45) is 0 Å². The van der Waals surface area contributed by atoms with Gasteiger partial charge in [0.05, 0.1) is 6.61 Å². The molecule has 2 N–H and O–H groups in total. The van der Waals surface area contributed by atoms with Gasteiger partial charge in [-0.3, -0.25) is 0 Å². The summed E-state index contributed by atoms with van der Waals surface area (Å²) < 4.78 is 4.93. The zero-order valence-corrected chi connectivity index (χ0v) is 7.23. The average Bonchev–Trinajstić information content (AvgIpc) is 1.88. The molecule has 1 rings (SSSR count). The predicted octanol–water partition coefficient (Wildman–Crippen LogP) is 1.84. The number of nitrogen functional groups attached to an aromatic ring is 1. The summed E-state index contributed by atoms with van der Waals surface area (Å²) in [4.78, 5) is 0. The second-order valence-corrected chi connectivity index (χ2v) is 2.18. The third-order valence-electron chi connectivity index (χ3n) is 1.26. The van der Waals surface area contributed by atoms with E-state index in [9.17, 15) is 0 Å². The van der Waals surface area contributed by atoms with Crippen molar-refractivity contribution in [3.8, 4) is 0 Å². The predicted molar refractivity (Wildman–Crippen MR) is 48.8 cm³/mol. The third kappa shape index (κ3) is 3.25. The summed E-state index contributed by atoms with van der Waals surface area (Å²) in [6.45, 7) is 0.630. The molecule has 0 radical (unpaired) electrons. The number of methoxy groups -OCH3 is 1.